The van der Waals surface area contributed by atoms with Crippen LogP contribution in [0.3, 0.4) is 0 Å². The molecule has 0 aliphatic carbocycles. The summed E-state index contributed by atoms with van der Waals surface area (Å²) in [6.07, 6.45) is 5.39. The van der Waals surface area contributed by atoms with Gasteiger partial charge >= 0.3 is 0 Å². The minimum atomic E-state index is -0.158. The Balaban J connectivity index is 1.50. The number of amides is 1. The number of fused-ring (bicyclic) bond motifs is 1. The van der Waals surface area contributed by atoms with Crippen LogP contribution >= 0.6 is 0 Å². The number of carbonyl (C=O) groups is 1. The highest BCUT2D eigenvalue weighted by molar-refractivity contribution is 5.93. The van der Waals surface area contributed by atoms with Crippen LogP contribution in [0, 0.1) is 6.92 Å². The van der Waals surface area contributed by atoms with E-state index in [0.717, 1.165) is 34.6 Å². The molecule has 0 fully saturated rings. The van der Waals surface area contributed by atoms with Gasteiger partial charge < -0.3 is 14.5 Å². The van der Waals surface area contributed by atoms with Gasteiger partial charge in [-0.3, -0.25) is 9.78 Å². The maximum absolute atomic E-state index is 12.0. The number of hydrogen-bond donors (Lipinski definition) is 1. The number of furan rings is 1. The minimum Gasteiger partial charge on any atom is -0.487 e. The van der Waals surface area contributed by atoms with Crippen molar-refractivity contribution in [2.45, 2.75) is 19.4 Å². The van der Waals surface area contributed by atoms with Crippen molar-refractivity contribution in [3.05, 3.63) is 71.8 Å². The first kappa shape index (κ1) is 15.4. The number of pyridine rings is 1. The van der Waals surface area contributed by atoms with Crippen molar-refractivity contribution >= 4 is 5.91 Å². The Bertz CT molecular complexity index is 903. The molecule has 1 aliphatic rings. The van der Waals surface area contributed by atoms with Gasteiger partial charge in [0.2, 0.25) is 0 Å². The molecule has 5 nitrogen and oxygen atoms in total. The number of aryl methyl sites for hydroxylation is 1. The normalized spacial score (nSPS) is 15.5. The maximum atomic E-state index is 12.0. The zero-order valence-electron chi connectivity index (χ0n) is 13.9. The summed E-state index contributed by atoms with van der Waals surface area (Å²) in [5.74, 6) is 0.709. The van der Waals surface area contributed by atoms with Crippen molar-refractivity contribution in [2.24, 2.45) is 0 Å². The number of para-hydroxylation sites is 1. The van der Waals surface area contributed by atoms with Crippen LogP contribution in [0.5, 0.6) is 5.75 Å². The Kier molecular flexibility index (Phi) is 3.98. The summed E-state index contributed by atoms with van der Waals surface area (Å²) in [5, 5.41) is 2.89. The molecule has 1 aliphatic heterocycles. The molecule has 1 N–H and O–H groups in total. The largest absolute Gasteiger partial charge is 0.487 e. The second-order valence-corrected chi connectivity index (χ2v) is 6.13. The molecule has 0 radical (unpaired) electrons. The molecule has 126 valence electrons. The topological polar surface area (TPSA) is 64.4 Å². The van der Waals surface area contributed by atoms with Gasteiger partial charge in [-0.2, -0.15) is 0 Å². The third-order valence-electron chi connectivity index (χ3n) is 4.37. The Morgan fingerprint density at radius 3 is 3.00 bits per heavy atom. The summed E-state index contributed by atoms with van der Waals surface area (Å²) in [5.41, 5.74) is 4.70. The van der Waals surface area contributed by atoms with E-state index in [1.807, 2.05) is 31.2 Å². The zero-order valence-corrected chi connectivity index (χ0v) is 13.9. The van der Waals surface area contributed by atoms with Crippen LogP contribution in [0.1, 0.15) is 21.5 Å². The van der Waals surface area contributed by atoms with Crippen LogP contribution < -0.4 is 10.1 Å². The number of hydrogen-bond acceptors (Lipinski definition) is 4. The molecule has 1 amide bonds. The van der Waals surface area contributed by atoms with Gasteiger partial charge in [0.1, 0.15) is 18.1 Å². The number of carbonyl (C=O) groups excluding carboxylic acids is 1. The number of benzene rings is 1. The van der Waals surface area contributed by atoms with Crippen molar-refractivity contribution in [1.29, 1.82) is 0 Å². The van der Waals surface area contributed by atoms with Crippen LogP contribution in [0.15, 0.2) is 59.5 Å². The molecule has 1 unspecified atom stereocenters. The third kappa shape index (κ3) is 3.01. The van der Waals surface area contributed by atoms with Crippen molar-refractivity contribution in [3.8, 4) is 17.0 Å². The molecule has 3 heterocycles. The average Bonchev–Trinajstić information content (AvgIpc) is 3.29. The summed E-state index contributed by atoms with van der Waals surface area (Å²) in [6.45, 7) is 2.48. The van der Waals surface area contributed by atoms with Crippen molar-refractivity contribution in [3.63, 3.8) is 0 Å². The molecule has 0 bridgehead atoms. The Labute approximate surface area is 145 Å². The summed E-state index contributed by atoms with van der Waals surface area (Å²) in [6, 6.07) is 11.7. The predicted octanol–water partition coefficient (Wildman–Crippen LogP) is 3.38. The van der Waals surface area contributed by atoms with Gasteiger partial charge in [0, 0.05) is 18.2 Å². The molecule has 5 heteroatoms. The van der Waals surface area contributed by atoms with Gasteiger partial charge in [-0.25, -0.2) is 0 Å². The van der Waals surface area contributed by atoms with E-state index in [2.05, 4.69) is 16.4 Å². The van der Waals surface area contributed by atoms with E-state index in [-0.39, 0.29) is 12.0 Å². The molecular weight excluding hydrogens is 316 g/mol. The van der Waals surface area contributed by atoms with Crippen molar-refractivity contribution in [1.82, 2.24) is 10.3 Å². The predicted molar refractivity (Wildman–Crippen MR) is 93.6 cm³/mol. The van der Waals surface area contributed by atoms with Crippen LogP contribution in [0.2, 0.25) is 0 Å². The fraction of sp³-hybridized carbons (Fsp3) is 0.200. The van der Waals surface area contributed by atoms with E-state index in [4.69, 9.17) is 9.15 Å². The molecule has 3 aromatic rings. The summed E-state index contributed by atoms with van der Waals surface area (Å²) in [4.78, 5) is 16.5. The second-order valence-electron chi connectivity index (χ2n) is 6.13. The lowest BCUT2D eigenvalue weighted by Crippen LogP contribution is -2.34. The summed E-state index contributed by atoms with van der Waals surface area (Å²) in [7, 11) is 0. The number of rotatable bonds is 4. The third-order valence-corrected chi connectivity index (χ3v) is 4.37. The van der Waals surface area contributed by atoms with E-state index in [9.17, 15) is 4.79 Å². The fourth-order valence-electron chi connectivity index (χ4n) is 3.11. The molecule has 1 atom stereocenters. The quantitative estimate of drug-likeness (QED) is 0.794. The van der Waals surface area contributed by atoms with Gasteiger partial charge in [0.15, 0.2) is 0 Å². The first-order chi connectivity index (χ1) is 12.2. The lowest BCUT2D eigenvalue weighted by Gasteiger charge is -2.13. The minimum absolute atomic E-state index is 0.0870. The van der Waals surface area contributed by atoms with Crippen LogP contribution in [-0.2, 0) is 6.42 Å². The molecule has 25 heavy (non-hydrogen) atoms. The Hall–Kier alpha value is -3.08. The van der Waals surface area contributed by atoms with Gasteiger partial charge in [0.25, 0.3) is 5.91 Å². The highest BCUT2D eigenvalue weighted by Crippen LogP contribution is 2.38. The highest BCUT2D eigenvalue weighted by atomic mass is 16.5. The molecule has 0 spiro atoms. The SMILES string of the molecule is Cc1cccnc1-c1cccc2c1OC(CNC(=O)c1ccoc1)C2. The molecule has 2 aromatic heterocycles. The fourth-order valence-corrected chi connectivity index (χ4v) is 3.11. The maximum Gasteiger partial charge on any atom is 0.254 e. The van der Waals surface area contributed by atoms with Crippen molar-refractivity contribution in [2.75, 3.05) is 6.54 Å². The van der Waals surface area contributed by atoms with Crippen molar-refractivity contribution < 1.29 is 13.9 Å². The molecule has 4 rings (SSSR count). The first-order valence-electron chi connectivity index (χ1n) is 8.23. The number of aromatic nitrogens is 1. The van der Waals surface area contributed by atoms with Gasteiger partial charge in [0.05, 0.1) is 24.1 Å². The lowest BCUT2D eigenvalue weighted by molar-refractivity contribution is 0.0933. The zero-order chi connectivity index (χ0) is 17.2. The molecular formula is C20H18N2O3. The lowest BCUT2D eigenvalue weighted by atomic mass is 10.0. The smallest absolute Gasteiger partial charge is 0.254 e. The number of nitrogens with one attached hydrogen (secondary N) is 1. The van der Waals surface area contributed by atoms with Crippen LogP contribution in [0.4, 0.5) is 0 Å². The number of ether oxygens (including phenoxy) is 1. The average molecular weight is 334 g/mol. The standard InChI is InChI=1S/C20H18N2O3/c1-13-4-3-8-21-18(13)17-6-2-5-14-10-16(25-19(14)17)11-22-20(23)15-7-9-24-12-15/h2-9,12,16H,10-11H2,1H3,(H,22,23). The number of nitrogens with zero attached hydrogens (tertiary/aromatic N) is 1. The molecule has 0 saturated heterocycles. The first-order valence-corrected chi connectivity index (χ1v) is 8.23. The summed E-state index contributed by atoms with van der Waals surface area (Å²) >= 11 is 0. The summed E-state index contributed by atoms with van der Waals surface area (Å²) < 4.78 is 11.1. The van der Waals surface area contributed by atoms with E-state index in [1.54, 1.807) is 12.3 Å². The highest BCUT2D eigenvalue weighted by Gasteiger charge is 2.27. The van der Waals surface area contributed by atoms with Gasteiger partial charge in [-0.05, 0) is 36.2 Å². The molecule has 0 saturated carbocycles. The van der Waals surface area contributed by atoms with Crippen LogP contribution in [-0.4, -0.2) is 23.5 Å². The second kappa shape index (κ2) is 6.43. The van der Waals surface area contributed by atoms with Crippen LogP contribution in [0.25, 0.3) is 11.3 Å². The van der Waals surface area contributed by atoms with E-state index in [0.29, 0.717) is 12.1 Å². The molecule has 1 aromatic carbocycles. The van der Waals surface area contributed by atoms with E-state index in [1.165, 1.54) is 12.5 Å². The van der Waals surface area contributed by atoms with E-state index >= 15 is 0 Å². The Morgan fingerprint density at radius 2 is 2.20 bits per heavy atom. The monoisotopic (exact) mass is 334 g/mol. The Morgan fingerprint density at radius 1 is 1.28 bits per heavy atom. The van der Waals surface area contributed by atoms with Gasteiger partial charge in [-0.15, -0.1) is 0 Å². The van der Waals surface area contributed by atoms with Gasteiger partial charge in [-0.1, -0.05) is 18.2 Å². The van der Waals surface area contributed by atoms with E-state index < -0.39 is 0 Å².